The van der Waals surface area contributed by atoms with Crippen molar-refractivity contribution in [2.75, 3.05) is 38.1 Å². The van der Waals surface area contributed by atoms with E-state index in [0.717, 1.165) is 74.6 Å². The van der Waals surface area contributed by atoms with E-state index >= 15 is 0 Å². The Balaban J connectivity index is 1.43. The molecule has 2 aliphatic rings. The minimum absolute atomic E-state index is 0.0774. The van der Waals surface area contributed by atoms with Crippen LogP contribution in [-0.4, -0.2) is 52.5 Å². The highest BCUT2D eigenvalue weighted by Gasteiger charge is 2.20. The van der Waals surface area contributed by atoms with Crippen molar-refractivity contribution in [3.05, 3.63) is 59.2 Å². The second kappa shape index (κ2) is 7.18. The van der Waals surface area contributed by atoms with E-state index in [1.807, 2.05) is 0 Å². The molecule has 0 aromatic carbocycles. The summed E-state index contributed by atoms with van der Waals surface area (Å²) >= 11 is 0. The first-order chi connectivity index (χ1) is 13.7. The van der Waals surface area contributed by atoms with Crippen molar-refractivity contribution < 1.29 is 0 Å². The summed E-state index contributed by atoms with van der Waals surface area (Å²) in [5.41, 5.74) is 11.8. The highest BCUT2D eigenvalue weighted by Crippen LogP contribution is 2.27. The van der Waals surface area contributed by atoms with Crippen molar-refractivity contribution in [3.63, 3.8) is 0 Å². The van der Waals surface area contributed by atoms with Crippen LogP contribution in [0.2, 0.25) is 0 Å². The van der Waals surface area contributed by atoms with Gasteiger partial charge >= 0.3 is 0 Å². The van der Waals surface area contributed by atoms with Gasteiger partial charge in [-0.15, -0.1) is 0 Å². The lowest BCUT2D eigenvalue weighted by molar-refractivity contribution is 0.312. The van der Waals surface area contributed by atoms with Crippen LogP contribution in [0.15, 0.2) is 36.5 Å². The van der Waals surface area contributed by atoms with Crippen molar-refractivity contribution in [2.45, 2.75) is 31.7 Å². The van der Waals surface area contributed by atoms with Crippen molar-refractivity contribution in [1.82, 2.24) is 19.3 Å². The molecule has 0 radical (unpaired) electrons. The Kier molecular flexibility index (Phi) is 4.53. The Morgan fingerprint density at radius 3 is 2.75 bits per heavy atom. The minimum Gasteiger partial charge on any atom is -0.355 e. The predicted molar refractivity (Wildman–Crippen MR) is 112 cm³/mol. The number of nitrogens with zero attached hydrogens (tertiary/aromatic N) is 5. The predicted octanol–water partition coefficient (Wildman–Crippen LogP) is 2.41. The Morgan fingerprint density at radius 2 is 1.89 bits per heavy atom. The van der Waals surface area contributed by atoms with E-state index in [2.05, 4.69) is 57.8 Å². The van der Waals surface area contributed by atoms with Crippen LogP contribution in [0.3, 0.4) is 0 Å². The maximum absolute atomic E-state index is 6.29. The number of pyridine rings is 2. The van der Waals surface area contributed by atoms with Gasteiger partial charge in [-0.1, -0.05) is 12.1 Å². The van der Waals surface area contributed by atoms with Crippen molar-refractivity contribution in [2.24, 2.45) is 5.73 Å². The molecular formula is C22H28N6. The lowest BCUT2D eigenvalue weighted by Crippen LogP contribution is -2.45. The van der Waals surface area contributed by atoms with E-state index in [9.17, 15) is 0 Å². The molecule has 6 heteroatoms. The second-order valence-corrected chi connectivity index (χ2v) is 8.16. The first-order valence-corrected chi connectivity index (χ1v) is 10.3. The average molecular weight is 377 g/mol. The van der Waals surface area contributed by atoms with Gasteiger partial charge < -0.3 is 15.5 Å². The molecule has 1 atom stereocenters. The summed E-state index contributed by atoms with van der Waals surface area (Å²) in [6, 6.07) is 10.8. The molecule has 6 nitrogen and oxygen atoms in total. The molecule has 1 aliphatic heterocycles. The molecule has 5 rings (SSSR count). The van der Waals surface area contributed by atoms with Crippen molar-refractivity contribution >= 4 is 11.5 Å². The van der Waals surface area contributed by atoms with E-state index in [-0.39, 0.29) is 6.04 Å². The lowest BCUT2D eigenvalue weighted by atomic mass is 9.92. The number of likely N-dealkylation sites (N-methyl/N-ethyl adjacent to an activating group) is 1. The first kappa shape index (κ1) is 17.6. The summed E-state index contributed by atoms with van der Waals surface area (Å²) < 4.78 is 2.23. The summed E-state index contributed by atoms with van der Waals surface area (Å²) in [4.78, 5) is 14.6. The molecule has 0 spiro atoms. The summed E-state index contributed by atoms with van der Waals surface area (Å²) in [5.74, 6) is 1.23. The molecule has 4 heterocycles. The number of fused-ring (bicyclic) bond motifs is 2. The molecule has 1 aliphatic carbocycles. The van der Waals surface area contributed by atoms with E-state index in [1.54, 1.807) is 0 Å². The summed E-state index contributed by atoms with van der Waals surface area (Å²) in [5, 5.41) is 0. The average Bonchev–Trinajstić information content (AvgIpc) is 3.12. The third-order valence-electron chi connectivity index (χ3n) is 6.09. The zero-order valence-electron chi connectivity index (χ0n) is 16.5. The van der Waals surface area contributed by atoms with Crippen LogP contribution in [0.5, 0.6) is 0 Å². The van der Waals surface area contributed by atoms with Gasteiger partial charge in [0.2, 0.25) is 0 Å². The third-order valence-corrected chi connectivity index (χ3v) is 6.09. The Morgan fingerprint density at radius 1 is 1.04 bits per heavy atom. The summed E-state index contributed by atoms with van der Waals surface area (Å²) in [6.45, 7) is 4.29. The van der Waals surface area contributed by atoms with Crippen LogP contribution >= 0.6 is 0 Å². The van der Waals surface area contributed by atoms with E-state index < -0.39 is 0 Å². The fraction of sp³-hybridized carbons (Fsp3) is 0.455. The van der Waals surface area contributed by atoms with E-state index in [1.165, 1.54) is 11.4 Å². The Labute approximate surface area is 166 Å². The molecule has 0 amide bonds. The largest absolute Gasteiger partial charge is 0.355 e. The Hall–Kier alpha value is -2.44. The number of hydrogen-bond donors (Lipinski definition) is 1. The van der Waals surface area contributed by atoms with Gasteiger partial charge in [-0.25, -0.2) is 4.98 Å². The zero-order valence-corrected chi connectivity index (χ0v) is 16.5. The standard InChI is InChI=1S/C22H28N6/c1-26-10-12-27(13-11-26)21-7-3-6-20-24-18(15-28(20)21)14-17-9-8-16-4-2-5-19(23)22(16)25-17/h3,6-9,15,19H,2,4-5,10-14,23H2,1H3. The molecule has 1 fully saturated rings. The number of anilines is 1. The number of nitrogens with two attached hydrogens (primary N) is 1. The van der Waals surface area contributed by atoms with Crippen LogP contribution in [0, 0.1) is 0 Å². The lowest BCUT2D eigenvalue weighted by Gasteiger charge is -2.34. The fourth-order valence-electron chi connectivity index (χ4n) is 4.44. The van der Waals surface area contributed by atoms with Gasteiger partial charge in [0.25, 0.3) is 0 Å². The number of aryl methyl sites for hydroxylation is 1. The van der Waals surface area contributed by atoms with Crippen LogP contribution in [-0.2, 0) is 12.8 Å². The normalized spacial score (nSPS) is 20.5. The van der Waals surface area contributed by atoms with Gasteiger partial charge in [-0.3, -0.25) is 9.38 Å². The zero-order chi connectivity index (χ0) is 19.1. The second-order valence-electron chi connectivity index (χ2n) is 8.16. The maximum atomic E-state index is 6.29. The Bertz CT molecular complexity index is 986. The van der Waals surface area contributed by atoms with Crippen LogP contribution in [0.1, 0.15) is 41.5 Å². The molecule has 1 unspecified atom stereocenters. The fourth-order valence-corrected chi connectivity index (χ4v) is 4.44. The highest BCUT2D eigenvalue weighted by molar-refractivity contribution is 5.53. The number of piperazine rings is 1. The first-order valence-electron chi connectivity index (χ1n) is 10.3. The van der Waals surface area contributed by atoms with Gasteiger partial charge in [0, 0.05) is 50.5 Å². The highest BCUT2D eigenvalue weighted by atomic mass is 15.3. The molecule has 28 heavy (non-hydrogen) atoms. The molecule has 0 bridgehead atoms. The summed E-state index contributed by atoms with van der Waals surface area (Å²) in [6.07, 6.45) is 6.20. The minimum atomic E-state index is 0.0774. The number of aromatic nitrogens is 3. The van der Waals surface area contributed by atoms with Crippen LogP contribution < -0.4 is 10.6 Å². The number of hydrogen-bond acceptors (Lipinski definition) is 5. The number of rotatable bonds is 3. The van der Waals surface area contributed by atoms with Gasteiger partial charge in [0.1, 0.15) is 11.5 Å². The number of imidazole rings is 1. The van der Waals surface area contributed by atoms with E-state index in [4.69, 9.17) is 15.7 Å². The quantitative estimate of drug-likeness (QED) is 0.761. The molecule has 2 N–H and O–H groups in total. The SMILES string of the molecule is CN1CCN(c2cccc3nc(Cc4ccc5c(n4)C(N)CCC5)cn23)CC1. The van der Waals surface area contributed by atoms with Crippen molar-refractivity contribution in [3.8, 4) is 0 Å². The van der Waals surface area contributed by atoms with Gasteiger partial charge in [-0.2, -0.15) is 0 Å². The molecular weight excluding hydrogens is 348 g/mol. The topological polar surface area (TPSA) is 62.7 Å². The molecule has 1 saturated heterocycles. The third kappa shape index (κ3) is 3.27. The maximum Gasteiger partial charge on any atom is 0.138 e. The van der Waals surface area contributed by atoms with Crippen LogP contribution in [0.25, 0.3) is 5.65 Å². The van der Waals surface area contributed by atoms with Gasteiger partial charge in [0.05, 0.1) is 11.4 Å². The molecule has 0 saturated carbocycles. The smallest absolute Gasteiger partial charge is 0.138 e. The van der Waals surface area contributed by atoms with Gasteiger partial charge in [0.15, 0.2) is 0 Å². The molecule has 146 valence electrons. The van der Waals surface area contributed by atoms with Crippen LogP contribution in [0.4, 0.5) is 5.82 Å². The van der Waals surface area contributed by atoms with Gasteiger partial charge in [-0.05, 0) is 50.1 Å². The molecule has 3 aromatic rings. The van der Waals surface area contributed by atoms with Crippen molar-refractivity contribution in [1.29, 1.82) is 0 Å². The summed E-state index contributed by atoms with van der Waals surface area (Å²) in [7, 11) is 2.19. The molecule has 3 aromatic heterocycles. The van der Waals surface area contributed by atoms with E-state index in [0.29, 0.717) is 0 Å². The monoisotopic (exact) mass is 376 g/mol.